The topological polar surface area (TPSA) is 125 Å². The van der Waals surface area contributed by atoms with E-state index in [0.29, 0.717) is 5.69 Å². The second-order valence-corrected chi connectivity index (χ2v) is 10.8. The predicted molar refractivity (Wildman–Crippen MR) is 137 cm³/mol. The van der Waals surface area contributed by atoms with Crippen LogP contribution >= 0.6 is 0 Å². The molecule has 13 heteroatoms. The summed E-state index contributed by atoms with van der Waals surface area (Å²) in [7, 11) is 0. The van der Waals surface area contributed by atoms with Crippen molar-refractivity contribution in [2.75, 3.05) is 18.5 Å². The summed E-state index contributed by atoms with van der Waals surface area (Å²) >= 11 is 0. The van der Waals surface area contributed by atoms with Gasteiger partial charge in [-0.2, -0.15) is 18.3 Å². The summed E-state index contributed by atoms with van der Waals surface area (Å²) in [4.78, 5) is 38.9. The van der Waals surface area contributed by atoms with E-state index in [2.05, 4.69) is 15.7 Å². The Morgan fingerprint density at radius 3 is 2.25 bits per heavy atom. The SMILES string of the molecule is CC(C)n1nccc1C(=O)N[C@H](C(=O)Nc1ccc(C(CO)C(=O)NCC(F)(F)F)cc1F)C(C1CC1)C1CC1. The number of nitrogens with one attached hydrogen (secondary N) is 3. The summed E-state index contributed by atoms with van der Waals surface area (Å²) in [6.45, 7) is 1.31. The largest absolute Gasteiger partial charge is 0.405 e. The van der Waals surface area contributed by atoms with Crippen LogP contribution in [0.5, 0.6) is 0 Å². The molecular formula is C27H33F4N5O4. The first-order valence-electron chi connectivity index (χ1n) is 13.3. The Bertz CT molecular complexity index is 1230. The molecule has 4 N–H and O–H groups in total. The number of anilines is 1. The molecule has 40 heavy (non-hydrogen) atoms. The Kier molecular flexibility index (Phi) is 8.81. The number of carbonyl (C=O) groups is 3. The van der Waals surface area contributed by atoms with E-state index in [9.17, 15) is 32.7 Å². The minimum Gasteiger partial charge on any atom is -0.395 e. The minimum absolute atomic E-state index is 0.0571. The van der Waals surface area contributed by atoms with E-state index in [1.54, 1.807) is 16.1 Å². The van der Waals surface area contributed by atoms with Crippen molar-refractivity contribution in [2.24, 2.45) is 17.8 Å². The number of aromatic nitrogens is 2. The normalized spacial score (nSPS) is 17.0. The van der Waals surface area contributed by atoms with Crippen molar-refractivity contribution >= 4 is 23.4 Å². The van der Waals surface area contributed by atoms with Crippen LogP contribution in [0.2, 0.25) is 0 Å². The van der Waals surface area contributed by atoms with Gasteiger partial charge in [-0.05, 0) is 81.0 Å². The van der Waals surface area contributed by atoms with Crippen LogP contribution in [-0.2, 0) is 9.59 Å². The van der Waals surface area contributed by atoms with E-state index in [4.69, 9.17) is 0 Å². The zero-order valence-electron chi connectivity index (χ0n) is 22.2. The minimum atomic E-state index is -4.64. The third kappa shape index (κ3) is 7.18. The molecule has 2 saturated carbocycles. The van der Waals surface area contributed by atoms with E-state index in [-0.39, 0.29) is 35.0 Å². The van der Waals surface area contributed by atoms with Crippen LogP contribution in [0.1, 0.15) is 67.5 Å². The van der Waals surface area contributed by atoms with Gasteiger partial charge in [0.25, 0.3) is 5.91 Å². The van der Waals surface area contributed by atoms with Crippen LogP contribution in [0.15, 0.2) is 30.5 Å². The van der Waals surface area contributed by atoms with E-state index >= 15 is 4.39 Å². The lowest BCUT2D eigenvalue weighted by molar-refractivity contribution is -0.139. The van der Waals surface area contributed by atoms with Gasteiger partial charge in [0.05, 0.1) is 18.2 Å². The van der Waals surface area contributed by atoms with E-state index in [1.807, 2.05) is 13.8 Å². The van der Waals surface area contributed by atoms with Gasteiger partial charge in [0.2, 0.25) is 11.8 Å². The van der Waals surface area contributed by atoms with Crippen LogP contribution < -0.4 is 16.0 Å². The number of nitrogens with zero attached hydrogens (tertiary/aromatic N) is 2. The first kappa shape index (κ1) is 29.5. The average molecular weight is 568 g/mol. The number of rotatable bonds is 12. The van der Waals surface area contributed by atoms with Gasteiger partial charge in [0.1, 0.15) is 24.1 Å². The zero-order chi connectivity index (χ0) is 29.2. The maximum Gasteiger partial charge on any atom is 0.405 e. The lowest BCUT2D eigenvalue weighted by Gasteiger charge is -2.28. The molecule has 1 unspecified atom stereocenters. The molecule has 9 nitrogen and oxygen atoms in total. The Morgan fingerprint density at radius 2 is 1.73 bits per heavy atom. The molecule has 1 heterocycles. The van der Waals surface area contributed by atoms with Crippen LogP contribution in [0.25, 0.3) is 0 Å². The van der Waals surface area contributed by atoms with Crippen molar-refractivity contribution in [1.29, 1.82) is 0 Å². The Hall–Kier alpha value is -3.48. The third-order valence-electron chi connectivity index (χ3n) is 7.29. The smallest absolute Gasteiger partial charge is 0.395 e. The lowest BCUT2D eigenvalue weighted by Crippen LogP contribution is -2.50. The molecule has 2 fully saturated rings. The third-order valence-corrected chi connectivity index (χ3v) is 7.29. The van der Waals surface area contributed by atoms with E-state index in [1.165, 1.54) is 18.3 Å². The molecule has 1 aromatic heterocycles. The van der Waals surface area contributed by atoms with Gasteiger partial charge in [-0.1, -0.05) is 6.07 Å². The summed E-state index contributed by atoms with van der Waals surface area (Å²) in [5.74, 6) is -4.13. The number of halogens is 4. The standard InChI is InChI=1S/C27H33F4N5O4/c1-14(2)36-21(9-10-33-36)25(39)35-23(22(15-3-4-15)16-5-6-16)26(40)34-20-8-7-17(11-19(20)28)18(12-37)24(38)32-13-27(29,30)31/h7-11,14-16,18,22-23,37H,3-6,12-13H2,1-2H3,(H,32,38)(H,34,40)(H,35,39)/t18?,23-/m0/s1. The van der Waals surface area contributed by atoms with Crippen molar-refractivity contribution in [3.05, 3.63) is 47.5 Å². The molecule has 0 saturated heterocycles. The van der Waals surface area contributed by atoms with Gasteiger partial charge in [0, 0.05) is 12.2 Å². The van der Waals surface area contributed by atoms with Crippen molar-refractivity contribution in [1.82, 2.24) is 20.4 Å². The second-order valence-electron chi connectivity index (χ2n) is 10.8. The molecule has 4 rings (SSSR count). The van der Waals surface area contributed by atoms with Gasteiger partial charge in [0.15, 0.2) is 0 Å². The molecule has 3 amide bonds. The summed E-state index contributed by atoms with van der Waals surface area (Å²) < 4.78 is 54.0. The summed E-state index contributed by atoms with van der Waals surface area (Å²) in [5.41, 5.74) is 0.0174. The predicted octanol–water partition coefficient (Wildman–Crippen LogP) is 3.53. The Balaban J connectivity index is 1.52. The summed E-state index contributed by atoms with van der Waals surface area (Å²) in [6, 6.07) is 3.86. The first-order chi connectivity index (χ1) is 18.9. The van der Waals surface area contributed by atoms with Gasteiger partial charge in [-0.3, -0.25) is 19.1 Å². The van der Waals surface area contributed by atoms with Crippen LogP contribution in [0, 0.1) is 23.6 Å². The van der Waals surface area contributed by atoms with Crippen LogP contribution in [-0.4, -0.2) is 58.0 Å². The molecular weight excluding hydrogens is 534 g/mol. The van der Waals surface area contributed by atoms with Crippen molar-refractivity contribution in [3.8, 4) is 0 Å². The monoisotopic (exact) mass is 567 g/mol. The molecule has 2 atom stereocenters. The number of hydrogen-bond acceptors (Lipinski definition) is 5. The van der Waals surface area contributed by atoms with Crippen LogP contribution in [0.4, 0.5) is 23.2 Å². The van der Waals surface area contributed by atoms with Gasteiger partial charge >= 0.3 is 6.18 Å². The molecule has 0 bridgehead atoms. The number of carbonyl (C=O) groups excluding carboxylic acids is 3. The fourth-order valence-corrected chi connectivity index (χ4v) is 5.06. The highest BCUT2D eigenvalue weighted by atomic mass is 19.4. The van der Waals surface area contributed by atoms with Crippen molar-refractivity contribution in [3.63, 3.8) is 0 Å². The molecule has 218 valence electrons. The highest BCUT2D eigenvalue weighted by Gasteiger charge is 2.48. The number of benzene rings is 1. The zero-order valence-corrected chi connectivity index (χ0v) is 22.2. The van der Waals surface area contributed by atoms with Crippen molar-refractivity contribution < 1.29 is 37.1 Å². The van der Waals surface area contributed by atoms with Gasteiger partial charge in [-0.15, -0.1) is 0 Å². The number of aliphatic hydroxyl groups is 1. The second kappa shape index (κ2) is 11.9. The lowest BCUT2D eigenvalue weighted by atomic mass is 9.88. The highest BCUT2D eigenvalue weighted by Crippen LogP contribution is 2.51. The summed E-state index contributed by atoms with van der Waals surface area (Å²) in [6.07, 6.45) is 0.608. The highest BCUT2D eigenvalue weighted by molar-refractivity contribution is 6.01. The average Bonchev–Trinajstić information content (AvgIpc) is 3.83. The molecule has 0 spiro atoms. The maximum absolute atomic E-state index is 15.1. The molecule has 1 aromatic carbocycles. The van der Waals surface area contributed by atoms with E-state index in [0.717, 1.165) is 31.7 Å². The van der Waals surface area contributed by atoms with E-state index < -0.39 is 54.8 Å². The Labute approximate surface area is 228 Å². The fourth-order valence-electron chi connectivity index (χ4n) is 5.06. The molecule has 0 aliphatic heterocycles. The Morgan fingerprint density at radius 1 is 1.07 bits per heavy atom. The number of alkyl halides is 3. The summed E-state index contributed by atoms with van der Waals surface area (Å²) in [5, 5.41) is 20.8. The molecule has 2 aliphatic carbocycles. The molecule has 2 aliphatic rings. The first-order valence-corrected chi connectivity index (χ1v) is 13.3. The fraction of sp³-hybridized carbons (Fsp3) is 0.556. The quantitative estimate of drug-likeness (QED) is 0.292. The number of aliphatic hydroxyl groups excluding tert-OH is 1. The van der Waals surface area contributed by atoms with Crippen LogP contribution in [0.3, 0.4) is 0 Å². The number of amides is 3. The maximum atomic E-state index is 15.1. The number of hydrogen-bond donors (Lipinski definition) is 4. The van der Waals surface area contributed by atoms with Gasteiger partial charge in [-0.25, -0.2) is 4.39 Å². The van der Waals surface area contributed by atoms with Crippen molar-refractivity contribution in [2.45, 2.75) is 63.7 Å². The molecule has 2 aromatic rings. The van der Waals surface area contributed by atoms with Gasteiger partial charge < -0.3 is 21.1 Å². The molecule has 0 radical (unpaired) electrons.